The summed E-state index contributed by atoms with van der Waals surface area (Å²) in [5, 5.41) is 4.37. The van der Waals surface area contributed by atoms with Crippen LogP contribution in [0.15, 0.2) is 33.5 Å². The first kappa shape index (κ1) is 12.2. The molecule has 0 saturated carbocycles. The zero-order chi connectivity index (χ0) is 10.9. The Morgan fingerprint density at radius 2 is 2.33 bits per heavy atom. The summed E-state index contributed by atoms with van der Waals surface area (Å²) in [6, 6.07) is 2.21. The standard InChI is InChI=1S/C13H19NS/c1-3-12(7-9-14-4-2)5-6-13-8-10-15-11-13/h7-11H,3-6H2,1-2H3/b12-7+,14-9?. The van der Waals surface area contributed by atoms with Gasteiger partial charge in [-0.2, -0.15) is 11.3 Å². The lowest BCUT2D eigenvalue weighted by Crippen LogP contribution is -1.87. The molecule has 1 heterocycles. The third-order valence-electron chi connectivity index (χ3n) is 2.37. The van der Waals surface area contributed by atoms with E-state index in [1.54, 1.807) is 11.3 Å². The zero-order valence-corrected chi connectivity index (χ0v) is 10.4. The molecule has 0 saturated heterocycles. The maximum Gasteiger partial charge on any atom is 0.0360 e. The van der Waals surface area contributed by atoms with E-state index >= 15 is 0 Å². The molecular formula is C13H19NS. The molecule has 0 amide bonds. The molecule has 15 heavy (non-hydrogen) atoms. The second-order valence-corrected chi connectivity index (χ2v) is 4.24. The van der Waals surface area contributed by atoms with Crippen molar-refractivity contribution in [2.45, 2.75) is 33.1 Å². The minimum Gasteiger partial charge on any atom is -0.293 e. The molecule has 1 aromatic rings. The molecule has 0 spiro atoms. The zero-order valence-electron chi connectivity index (χ0n) is 9.57. The quantitative estimate of drug-likeness (QED) is 0.641. The Labute approximate surface area is 96.6 Å². The fourth-order valence-electron chi connectivity index (χ4n) is 1.38. The summed E-state index contributed by atoms with van der Waals surface area (Å²) in [4.78, 5) is 4.21. The van der Waals surface area contributed by atoms with E-state index in [1.807, 2.05) is 6.21 Å². The lowest BCUT2D eigenvalue weighted by molar-refractivity contribution is 0.890. The normalized spacial score (nSPS) is 12.5. The lowest BCUT2D eigenvalue weighted by Gasteiger charge is -2.01. The van der Waals surface area contributed by atoms with Crippen LogP contribution in [-0.2, 0) is 6.42 Å². The Hall–Kier alpha value is -0.890. The molecular weight excluding hydrogens is 202 g/mol. The predicted octanol–water partition coefficient (Wildman–Crippen LogP) is 4.11. The van der Waals surface area contributed by atoms with Gasteiger partial charge in [0.1, 0.15) is 0 Å². The van der Waals surface area contributed by atoms with Crippen LogP contribution in [0.2, 0.25) is 0 Å². The van der Waals surface area contributed by atoms with Crippen molar-refractivity contribution in [2.75, 3.05) is 6.54 Å². The summed E-state index contributed by atoms with van der Waals surface area (Å²) in [6.45, 7) is 5.14. The van der Waals surface area contributed by atoms with E-state index in [4.69, 9.17) is 0 Å². The van der Waals surface area contributed by atoms with Gasteiger partial charge in [-0.3, -0.25) is 4.99 Å². The van der Waals surface area contributed by atoms with E-state index in [-0.39, 0.29) is 0 Å². The van der Waals surface area contributed by atoms with Crippen LogP contribution >= 0.6 is 11.3 Å². The summed E-state index contributed by atoms with van der Waals surface area (Å²) in [7, 11) is 0. The highest BCUT2D eigenvalue weighted by molar-refractivity contribution is 7.07. The van der Waals surface area contributed by atoms with Crippen molar-refractivity contribution in [3.8, 4) is 0 Å². The number of thiophene rings is 1. The Balaban J connectivity index is 2.40. The Morgan fingerprint density at radius 3 is 2.93 bits per heavy atom. The predicted molar refractivity (Wildman–Crippen MR) is 70.0 cm³/mol. The maximum absolute atomic E-state index is 4.21. The number of hydrogen-bond donors (Lipinski definition) is 0. The number of aliphatic imine (C=N–C) groups is 1. The summed E-state index contributed by atoms with van der Waals surface area (Å²) < 4.78 is 0. The minimum atomic E-state index is 0.873. The average Bonchev–Trinajstić information content (AvgIpc) is 2.76. The van der Waals surface area contributed by atoms with Gasteiger partial charge in [0, 0.05) is 12.8 Å². The van der Waals surface area contributed by atoms with Crippen molar-refractivity contribution in [1.82, 2.24) is 0 Å². The van der Waals surface area contributed by atoms with Gasteiger partial charge in [-0.25, -0.2) is 0 Å². The average molecular weight is 221 g/mol. The summed E-state index contributed by atoms with van der Waals surface area (Å²) in [5.41, 5.74) is 2.94. The van der Waals surface area contributed by atoms with E-state index in [0.29, 0.717) is 0 Å². The van der Waals surface area contributed by atoms with Crippen molar-refractivity contribution in [3.05, 3.63) is 34.0 Å². The van der Waals surface area contributed by atoms with Crippen LogP contribution in [0.5, 0.6) is 0 Å². The van der Waals surface area contributed by atoms with Crippen LogP contribution < -0.4 is 0 Å². The van der Waals surface area contributed by atoms with Gasteiger partial charge >= 0.3 is 0 Å². The number of rotatable bonds is 6. The van der Waals surface area contributed by atoms with Gasteiger partial charge < -0.3 is 0 Å². The van der Waals surface area contributed by atoms with Gasteiger partial charge in [0.05, 0.1) is 0 Å². The van der Waals surface area contributed by atoms with Crippen molar-refractivity contribution in [2.24, 2.45) is 4.99 Å². The SMILES string of the molecule is CCN=C/C=C(\CC)CCc1ccsc1. The molecule has 1 nitrogen and oxygen atoms in total. The van der Waals surface area contributed by atoms with Crippen molar-refractivity contribution in [1.29, 1.82) is 0 Å². The highest BCUT2D eigenvalue weighted by Crippen LogP contribution is 2.13. The van der Waals surface area contributed by atoms with Gasteiger partial charge in [-0.05, 0) is 54.7 Å². The van der Waals surface area contributed by atoms with Gasteiger partial charge in [0.25, 0.3) is 0 Å². The van der Waals surface area contributed by atoms with E-state index < -0.39 is 0 Å². The molecule has 0 atom stereocenters. The first-order chi connectivity index (χ1) is 7.36. The van der Waals surface area contributed by atoms with Crippen molar-refractivity contribution < 1.29 is 0 Å². The van der Waals surface area contributed by atoms with E-state index in [2.05, 4.69) is 41.7 Å². The molecule has 0 aliphatic carbocycles. The number of nitrogens with zero attached hydrogens (tertiary/aromatic N) is 1. The smallest absolute Gasteiger partial charge is 0.0360 e. The van der Waals surface area contributed by atoms with Crippen LogP contribution in [0, 0.1) is 0 Å². The Morgan fingerprint density at radius 1 is 1.47 bits per heavy atom. The highest BCUT2D eigenvalue weighted by Gasteiger charge is 1.96. The first-order valence-electron chi connectivity index (χ1n) is 5.55. The van der Waals surface area contributed by atoms with E-state index in [0.717, 1.165) is 25.8 Å². The molecule has 0 unspecified atom stereocenters. The monoisotopic (exact) mass is 221 g/mol. The molecule has 1 rings (SSSR count). The fraction of sp³-hybridized carbons (Fsp3) is 0.462. The number of allylic oxidation sites excluding steroid dienone is 2. The minimum absolute atomic E-state index is 0.873. The largest absolute Gasteiger partial charge is 0.293 e. The molecule has 0 fully saturated rings. The third kappa shape index (κ3) is 4.93. The molecule has 0 bridgehead atoms. The summed E-state index contributed by atoms with van der Waals surface area (Å²) in [5.74, 6) is 0. The van der Waals surface area contributed by atoms with Crippen LogP contribution in [0.4, 0.5) is 0 Å². The molecule has 0 aromatic carbocycles. The van der Waals surface area contributed by atoms with Gasteiger partial charge in [0.15, 0.2) is 0 Å². The topological polar surface area (TPSA) is 12.4 Å². The molecule has 2 heteroatoms. The highest BCUT2D eigenvalue weighted by atomic mass is 32.1. The lowest BCUT2D eigenvalue weighted by atomic mass is 10.0. The fourth-order valence-corrected chi connectivity index (χ4v) is 2.08. The Kier molecular flexibility index (Phi) is 6.02. The second-order valence-electron chi connectivity index (χ2n) is 3.46. The van der Waals surface area contributed by atoms with E-state index in [1.165, 1.54) is 11.1 Å². The molecule has 82 valence electrons. The van der Waals surface area contributed by atoms with Crippen LogP contribution in [0.1, 0.15) is 32.3 Å². The third-order valence-corrected chi connectivity index (χ3v) is 3.10. The summed E-state index contributed by atoms with van der Waals surface area (Å²) >= 11 is 1.77. The molecule has 1 aromatic heterocycles. The van der Waals surface area contributed by atoms with Crippen LogP contribution in [-0.4, -0.2) is 12.8 Å². The Bertz CT molecular complexity index is 309. The van der Waals surface area contributed by atoms with Gasteiger partial charge in [0.2, 0.25) is 0 Å². The number of hydrogen-bond acceptors (Lipinski definition) is 2. The molecule has 0 aliphatic heterocycles. The van der Waals surface area contributed by atoms with Gasteiger partial charge in [-0.1, -0.05) is 12.5 Å². The maximum atomic E-state index is 4.21. The molecule has 0 radical (unpaired) electrons. The van der Waals surface area contributed by atoms with Gasteiger partial charge in [-0.15, -0.1) is 0 Å². The molecule has 0 aliphatic rings. The number of aryl methyl sites for hydroxylation is 1. The van der Waals surface area contributed by atoms with Crippen molar-refractivity contribution in [3.63, 3.8) is 0 Å². The van der Waals surface area contributed by atoms with Crippen LogP contribution in [0.3, 0.4) is 0 Å². The second kappa shape index (κ2) is 7.41. The van der Waals surface area contributed by atoms with E-state index in [9.17, 15) is 0 Å². The van der Waals surface area contributed by atoms with Crippen LogP contribution in [0.25, 0.3) is 0 Å². The summed E-state index contributed by atoms with van der Waals surface area (Å²) in [6.07, 6.45) is 7.54. The molecule has 0 N–H and O–H groups in total. The van der Waals surface area contributed by atoms with Crippen molar-refractivity contribution >= 4 is 17.6 Å². The first-order valence-corrected chi connectivity index (χ1v) is 6.50.